The SMILES string of the molecule is CC(=O)NCC1CN(c2ccc([N+]3(C(=O)CO)CC(C)C3)c(F)c2)C(=O)O1. The Balaban J connectivity index is 1.80. The number of carbonyl (C=O) groups excluding carboxylic acids is 3. The molecule has 3 amide bonds. The molecule has 9 heteroatoms. The van der Waals surface area contributed by atoms with Gasteiger partial charge in [0.2, 0.25) is 5.91 Å². The van der Waals surface area contributed by atoms with E-state index in [0.29, 0.717) is 18.8 Å². The maximum absolute atomic E-state index is 14.8. The fourth-order valence-corrected chi connectivity index (χ4v) is 3.79. The number of likely N-dealkylation sites (tertiary alicyclic amines) is 1. The molecule has 2 N–H and O–H groups in total. The summed E-state index contributed by atoms with van der Waals surface area (Å²) >= 11 is 0. The molecule has 3 rings (SSSR count). The van der Waals surface area contributed by atoms with E-state index in [1.54, 1.807) is 6.07 Å². The lowest BCUT2D eigenvalue weighted by molar-refractivity contribution is -0.139. The highest BCUT2D eigenvalue weighted by Crippen LogP contribution is 2.38. The highest BCUT2D eigenvalue weighted by Gasteiger charge is 2.51. The van der Waals surface area contributed by atoms with Gasteiger partial charge < -0.3 is 15.2 Å². The van der Waals surface area contributed by atoms with Crippen molar-refractivity contribution in [1.82, 2.24) is 9.80 Å². The fourth-order valence-electron chi connectivity index (χ4n) is 3.79. The molecule has 2 aliphatic rings. The van der Waals surface area contributed by atoms with Gasteiger partial charge in [-0.25, -0.2) is 18.5 Å². The average Bonchev–Trinajstić information content (AvgIpc) is 2.97. The molecule has 8 nitrogen and oxygen atoms in total. The van der Waals surface area contributed by atoms with Crippen molar-refractivity contribution in [2.75, 3.05) is 37.7 Å². The van der Waals surface area contributed by atoms with Gasteiger partial charge in [0.15, 0.2) is 18.1 Å². The summed E-state index contributed by atoms with van der Waals surface area (Å²) in [6.45, 7) is 3.90. The largest absolute Gasteiger partial charge is 0.442 e. The molecule has 0 saturated carbocycles. The number of aliphatic hydroxyl groups excluding tert-OH is 1. The molecule has 0 spiro atoms. The summed E-state index contributed by atoms with van der Waals surface area (Å²) in [7, 11) is 0. The highest BCUT2D eigenvalue weighted by atomic mass is 19.1. The average molecular weight is 380 g/mol. The molecule has 1 unspecified atom stereocenters. The Morgan fingerprint density at radius 3 is 2.67 bits per heavy atom. The number of benzene rings is 1. The first-order valence-corrected chi connectivity index (χ1v) is 8.81. The molecular weight excluding hydrogens is 357 g/mol. The molecule has 27 heavy (non-hydrogen) atoms. The Morgan fingerprint density at radius 1 is 1.41 bits per heavy atom. The lowest BCUT2D eigenvalue weighted by Crippen LogP contribution is -2.68. The van der Waals surface area contributed by atoms with Crippen LogP contribution in [0.1, 0.15) is 13.8 Å². The Hall–Kier alpha value is -2.52. The number of nitrogens with zero attached hydrogens (tertiary/aromatic N) is 2. The van der Waals surface area contributed by atoms with Gasteiger partial charge in [-0.05, 0) is 6.07 Å². The smallest absolute Gasteiger partial charge is 0.414 e. The molecule has 2 heterocycles. The van der Waals surface area contributed by atoms with Crippen LogP contribution in [-0.2, 0) is 14.3 Å². The second-order valence-corrected chi connectivity index (χ2v) is 7.18. The molecule has 2 saturated heterocycles. The zero-order chi connectivity index (χ0) is 19.8. The first-order valence-electron chi connectivity index (χ1n) is 8.81. The van der Waals surface area contributed by atoms with Crippen LogP contribution in [0.2, 0.25) is 0 Å². The summed E-state index contributed by atoms with van der Waals surface area (Å²) in [4.78, 5) is 36.6. The van der Waals surface area contributed by atoms with Crippen molar-refractivity contribution in [2.45, 2.75) is 20.0 Å². The van der Waals surface area contributed by atoms with E-state index >= 15 is 0 Å². The van der Waals surface area contributed by atoms with Crippen molar-refractivity contribution in [3.05, 3.63) is 24.0 Å². The van der Waals surface area contributed by atoms with Gasteiger partial charge in [0, 0.05) is 19.1 Å². The minimum absolute atomic E-state index is 0.182. The number of carbonyl (C=O) groups is 3. The number of aliphatic hydroxyl groups is 1. The van der Waals surface area contributed by atoms with E-state index in [1.807, 2.05) is 6.92 Å². The molecule has 1 atom stereocenters. The Labute approximate surface area is 156 Å². The van der Waals surface area contributed by atoms with Gasteiger partial charge in [0.05, 0.1) is 37.8 Å². The standard InChI is InChI=1S/C18H22FN3O5/c1-11-8-22(9-11,17(25)10-23)16-4-3-13(5-15(16)19)21-7-14(27-18(21)26)6-20-12(2)24/h3-5,11,14,23H,6-10H2,1-2H3/p+1. The van der Waals surface area contributed by atoms with E-state index in [-0.39, 0.29) is 35.1 Å². The normalized spacial score (nSPS) is 27.1. The lowest BCUT2D eigenvalue weighted by atomic mass is 9.95. The summed E-state index contributed by atoms with van der Waals surface area (Å²) in [6.07, 6.45) is -1.14. The second-order valence-electron chi connectivity index (χ2n) is 7.18. The zero-order valence-corrected chi connectivity index (χ0v) is 15.3. The molecule has 0 radical (unpaired) electrons. The van der Waals surface area contributed by atoms with Gasteiger partial charge in [0.1, 0.15) is 6.10 Å². The minimum atomic E-state index is -0.656. The first kappa shape index (κ1) is 19.2. The van der Waals surface area contributed by atoms with Crippen LogP contribution in [0, 0.1) is 11.7 Å². The predicted octanol–water partition coefficient (Wildman–Crippen LogP) is 0.763. The molecule has 146 valence electrons. The number of rotatable bonds is 5. The predicted molar refractivity (Wildman–Crippen MR) is 95.5 cm³/mol. The van der Waals surface area contributed by atoms with Crippen molar-refractivity contribution < 1.29 is 28.6 Å². The van der Waals surface area contributed by atoms with Gasteiger partial charge in [-0.2, -0.15) is 0 Å². The van der Waals surface area contributed by atoms with Crippen LogP contribution in [0.3, 0.4) is 0 Å². The number of ether oxygens (including phenoxy) is 1. The van der Waals surface area contributed by atoms with E-state index in [4.69, 9.17) is 4.74 Å². The second kappa shape index (κ2) is 7.24. The molecule has 2 fully saturated rings. The third kappa shape index (κ3) is 3.52. The van der Waals surface area contributed by atoms with Gasteiger partial charge in [-0.1, -0.05) is 6.92 Å². The summed E-state index contributed by atoms with van der Waals surface area (Å²) in [6, 6.07) is 4.25. The molecule has 0 aliphatic carbocycles. The Bertz CT molecular complexity index is 778. The van der Waals surface area contributed by atoms with E-state index in [1.165, 1.54) is 24.0 Å². The number of hydrogen-bond acceptors (Lipinski definition) is 5. The third-order valence-corrected chi connectivity index (χ3v) is 5.02. The van der Waals surface area contributed by atoms with Crippen LogP contribution < -0.4 is 14.7 Å². The van der Waals surface area contributed by atoms with Gasteiger partial charge in [-0.15, -0.1) is 0 Å². The Morgan fingerprint density at radius 2 is 2.11 bits per heavy atom. The van der Waals surface area contributed by atoms with E-state index in [0.717, 1.165) is 0 Å². The van der Waals surface area contributed by atoms with Gasteiger partial charge in [-0.3, -0.25) is 9.69 Å². The number of nitrogens with one attached hydrogen (secondary N) is 1. The lowest BCUT2D eigenvalue weighted by Gasteiger charge is -2.46. The summed E-state index contributed by atoms with van der Waals surface area (Å²) in [5.41, 5.74) is 0.507. The maximum Gasteiger partial charge on any atom is 0.414 e. The fraction of sp³-hybridized carbons (Fsp3) is 0.500. The molecule has 0 bridgehead atoms. The van der Waals surface area contributed by atoms with Crippen molar-refractivity contribution in [3.63, 3.8) is 0 Å². The summed E-state index contributed by atoms with van der Waals surface area (Å²) < 4.78 is 19.8. The van der Waals surface area contributed by atoms with E-state index in [9.17, 15) is 23.9 Å². The molecule has 2 aliphatic heterocycles. The van der Waals surface area contributed by atoms with Crippen LogP contribution >= 0.6 is 0 Å². The van der Waals surface area contributed by atoms with Crippen LogP contribution in [0.4, 0.5) is 20.6 Å². The Kier molecular flexibility index (Phi) is 5.16. The van der Waals surface area contributed by atoms with Crippen LogP contribution in [-0.4, -0.2) is 61.9 Å². The van der Waals surface area contributed by atoms with Crippen molar-refractivity contribution in [2.24, 2.45) is 5.92 Å². The third-order valence-electron chi connectivity index (χ3n) is 5.02. The minimum Gasteiger partial charge on any atom is -0.442 e. The van der Waals surface area contributed by atoms with E-state index in [2.05, 4.69) is 5.32 Å². The number of amides is 3. The van der Waals surface area contributed by atoms with Crippen LogP contribution in [0.15, 0.2) is 18.2 Å². The highest BCUT2D eigenvalue weighted by molar-refractivity contribution is 5.92. The zero-order valence-electron chi connectivity index (χ0n) is 15.3. The monoisotopic (exact) mass is 380 g/mol. The summed E-state index contributed by atoms with van der Waals surface area (Å²) in [5.74, 6) is -1.04. The number of anilines is 1. The topological polar surface area (TPSA) is 95.9 Å². The van der Waals surface area contributed by atoms with Crippen molar-refractivity contribution in [3.8, 4) is 0 Å². The maximum atomic E-state index is 14.8. The number of quaternary nitrogens is 1. The van der Waals surface area contributed by atoms with Crippen molar-refractivity contribution in [1.29, 1.82) is 0 Å². The van der Waals surface area contributed by atoms with Crippen LogP contribution in [0.5, 0.6) is 0 Å². The number of hydrogen-bond donors (Lipinski definition) is 2. The molecule has 1 aromatic rings. The van der Waals surface area contributed by atoms with Gasteiger partial charge in [0.25, 0.3) is 0 Å². The molecular formula is C18H23FN3O5+. The van der Waals surface area contributed by atoms with Crippen LogP contribution in [0.25, 0.3) is 0 Å². The molecule has 0 aromatic heterocycles. The first-order chi connectivity index (χ1) is 12.8. The quantitative estimate of drug-likeness (QED) is 0.736. The summed E-state index contributed by atoms with van der Waals surface area (Å²) in [5, 5.41) is 11.8. The number of cyclic esters (lactones) is 1. The van der Waals surface area contributed by atoms with Gasteiger partial charge >= 0.3 is 12.0 Å². The van der Waals surface area contributed by atoms with E-state index < -0.39 is 30.5 Å². The van der Waals surface area contributed by atoms with Crippen molar-refractivity contribution >= 4 is 29.3 Å². The number of halogens is 1. The molecule has 1 aromatic carbocycles.